The molecule has 2 N–H and O–H groups in total. The fraction of sp³-hybridized carbons (Fsp3) is 0.538. The minimum absolute atomic E-state index is 0.105. The molecular formula is C13H20N2O4S2. The zero-order valence-corrected chi connectivity index (χ0v) is 13.7. The number of anilines is 1. The van der Waals surface area contributed by atoms with Crippen LogP contribution in [0.15, 0.2) is 29.2 Å². The van der Waals surface area contributed by atoms with Gasteiger partial charge in [0.05, 0.1) is 16.4 Å². The molecule has 0 saturated carbocycles. The molecule has 0 aliphatic carbocycles. The van der Waals surface area contributed by atoms with Gasteiger partial charge >= 0.3 is 0 Å². The largest absolute Gasteiger partial charge is 0.381 e. The molecule has 1 aliphatic rings. The molecule has 1 atom stereocenters. The second-order valence-corrected chi connectivity index (χ2v) is 9.49. The van der Waals surface area contributed by atoms with Gasteiger partial charge in [-0.05, 0) is 44.5 Å². The standard InChI is InChI=1S/C13H20N2O4S2/c1-10(2)15-21(18,19)13-5-3-11(4-6-13)14-12-7-8-20(16,17)9-12/h3-6,10,12,14-15H,7-9H2,1-2H3. The number of nitrogens with one attached hydrogen (secondary N) is 2. The van der Waals surface area contributed by atoms with Gasteiger partial charge in [-0.15, -0.1) is 0 Å². The highest BCUT2D eigenvalue weighted by atomic mass is 32.2. The van der Waals surface area contributed by atoms with Crippen molar-refractivity contribution in [1.82, 2.24) is 4.72 Å². The van der Waals surface area contributed by atoms with E-state index in [1.165, 1.54) is 12.1 Å². The van der Waals surface area contributed by atoms with Crippen LogP contribution < -0.4 is 10.0 Å². The minimum atomic E-state index is -3.50. The Kier molecular flexibility index (Phi) is 4.60. The normalized spacial score (nSPS) is 21.6. The molecule has 1 aromatic rings. The Hall–Kier alpha value is -1.12. The van der Waals surface area contributed by atoms with Gasteiger partial charge in [0.2, 0.25) is 10.0 Å². The first-order chi connectivity index (χ1) is 9.68. The molecule has 6 nitrogen and oxygen atoms in total. The molecule has 2 rings (SSSR count). The predicted molar refractivity (Wildman–Crippen MR) is 82.6 cm³/mol. The van der Waals surface area contributed by atoms with Crippen LogP contribution in [0.5, 0.6) is 0 Å². The van der Waals surface area contributed by atoms with Crippen LogP contribution in [-0.4, -0.2) is 40.4 Å². The number of sulfone groups is 1. The van der Waals surface area contributed by atoms with Gasteiger partial charge in [0.15, 0.2) is 9.84 Å². The van der Waals surface area contributed by atoms with E-state index in [9.17, 15) is 16.8 Å². The average molecular weight is 332 g/mol. The van der Waals surface area contributed by atoms with E-state index in [2.05, 4.69) is 10.0 Å². The summed E-state index contributed by atoms with van der Waals surface area (Å²) in [5.74, 6) is 0.331. The van der Waals surface area contributed by atoms with E-state index in [-0.39, 0.29) is 28.5 Å². The zero-order valence-electron chi connectivity index (χ0n) is 12.0. The van der Waals surface area contributed by atoms with Crippen molar-refractivity contribution in [2.45, 2.75) is 37.2 Å². The highest BCUT2D eigenvalue weighted by Gasteiger charge is 2.27. The third-order valence-corrected chi connectivity index (χ3v) is 6.60. The monoisotopic (exact) mass is 332 g/mol. The van der Waals surface area contributed by atoms with Crippen LogP contribution in [0.1, 0.15) is 20.3 Å². The van der Waals surface area contributed by atoms with Crippen LogP contribution in [0, 0.1) is 0 Å². The first-order valence-electron chi connectivity index (χ1n) is 6.77. The van der Waals surface area contributed by atoms with E-state index in [4.69, 9.17) is 0 Å². The van der Waals surface area contributed by atoms with Crippen molar-refractivity contribution < 1.29 is 16.8 Å². The Balaban J connectivity index is 2.06. The summed E-state index contributed by atoms with van der Waals surface area (Å²) in [4.78, 5) is 0.195. The van der Waals surface area contributed by atoms with E-state index in [1.54, 1.807) is 26.0 Å². The van der Waals surface area contributed by atoms with Crippen molar-refractivity contribution in [3.8, 4) is 0 Å². The summed E-state index contributed by atoms with van der Waals surface area (Å²) in [7, 11) is -6.42. The van der Waals surface area contributed by atoms with Gasteiger partial charge in [0, 0.05) is 17.8 Å². The van der Waals surface area contributed by atoms with Gasteiger partial charge in [0.25, 0.3) is 0 Å². The summed E-state index contributed by atoms with van der Waals surface area (Å²) >= 11 is 0. The Morgan fingerprint density at radius 1 is 1.19 bits per heavy atom. The van der Waals surface area contributed by atoms with Crippen molar-refractivity contribution in [2.75, 3.05) is 16.8 Å². The van der Waals surface area contributed by atoms with Crippen molar-refractivity contribution in [3.63, 3.8) is 0 Å². The summed E-state index contributed by atoms with van der Waals surface area (Å²) < 4.78 is 49.2. The van der Waals surface area contributed by atoms with Crippen LogP contribution in [0.2, 0.25) is 0 Å². The average Bonchev–Trinajstić information content (AvgIpc) is 2.68. The lowest BCUT2D eigenvalue weighted by Gasteiger charge is -2.13. The van der Waals surface area contributed by atoms with Crippen LogP contribution in [0.4, 0.5) is 5.69 Å². The number of hydrogen-bond acceptors (Lipinski definition) is 5. The molecule has 1 fully saturated rings. The summed E-state index contributed by atoms with van der Waals surface area (Å²) in [6.07, 6.45) is 0.581. The summed E-state index contributed by atoms with van der Waals surface area (Å²) in [5.41, 5.74) is 0.723. The van der Waals surface area contributed by atoms with E-state index in [1.807, 2.05) is 0 Å². The molecule has 21 heavy (non-hydrogen) atoms. The smallest absolute Gasteiger partial charge is 0.240 e. The Morgan fingerprint density at radius 2 is 1.81 bits per heavy atom. The van der Waals surface area contributed by atoms with Gasteiger partial charge in [0.1, 0.15) is 0 Å². The fourth-order valence-corrected chi connectivity index (χ4v) is 5.18. The maximum Gasteiger partial charge on any atom is 0.240 e. The molecule has 8 heteroatoms. The molecule has 1 aromatic carbocycles. The predicted octanol–water partition coefficient (Wildman–Crippen LogP) is 0.972. The molecule has 1 unspecified atom stereocenters. The number of hydrogen-bond donors (Lipinski definition) is 2. The van der Waals surface area contributed by atoms with Gasteiger partial charge in [-0.3, -0.25) is 0 Å². The second-order valence-electron chi connectivity index (χ2n) is 5.54. The van der Waals surface area contributed by atoms with E-state index < -0.39 is 19.9 Å². The van der Waals surface area contributed by atoms with Crippen LogP contribution in [-0.2, 0) is 19.9 Å². The molecule has 0 radical (unpaired) electrons. The SMILES string of the molecule is CC(C)NS(=O)(=O)c1ccc(NC2CCS(=O)(=O)C2)cc1. The van der Waals surface area contributed by atoms with E-state index >= 15 is 0 Å². The topological polar surface area (TPSA) is 92.3 Å². The highest BCUT2D eigenvalue weighted by Crippen LogP contribution is 2.19. The summed E-state index contributed by atoms with van der Waals surface area (Å²) in [5, 5.41) is 3.12. The van der Waals surface area contributed by atoms with Crippen molar-refractivity contribution in [1.29, 1.82) is 0 Å². The number of sulfonamides is 1. The fourth-order valence-electron chi connectivity index (χ4n) is 2.25. The zero-order chi connectivity index (χ0) is 15.7. The quantitative estimate of drug-likeness (QED) is 0.838. The lowest BCUT2D eigenvalue weighted by molar-refractivity contribution is 0.570. The molecule has 118 valence electrons. The first kappa shape index (κ1) is 16.3. The minimum Gasteiger partial charge on any atom is -0.381 e. The van der Waals surface area contributed by atoms with Crippen molar-refractivity contribution in [2.24, 2.45) is 0 Å². The van der Waals surface area contributed by atoms with Crippen LogP contribution in [0.25, 0.3) is 0 Å². The van der Waals surface area contributed by atoms with E-state index in [0.717, 1.165) is 5.69 Å². The van der Waals surface area contributed by atoms with Gasteiger partial charge in [-0.25, -0.2) is 21.6 Å². The Bertz CT molecular complexity index is 694. The Labute approximate surface area is 125 Å². The highest BCUT2D eigenvalue weighted by molar-refractivity contribution is 7.91. The maximum absolute atomic E-state index is 12.0. The van der Waals surface area contributed by atoms with Crippen molar-refractivity contribution >= 4 is 25.5 Å². The van der Waals surface area contributed by atoms with Crippen LogP contribution >= 0.6 is 0 Å². The molecule has 0 bridgehead atoms. The third kappa shape index (κ3) is 4.42. The van der Waals surface area contributed by atoms with Gasteiger partial charge < -0.3 is 5.32 Å². The lowest BCUT2D eigenvalue weighted by atomic mass is 10.2. The lowest BCUT2D eigenvalue weighted by Crippen LogP contribution is -2.30. The molecule has 1 aliphatic heterocycles. The second kappa shape index (κ2) is 5.94. The Morgan fingerprint density at radius 3 is 2.29 bits per heavy atom. The third-order valence-electron chi connectivity index (χ3n) is 3.16. The van der Waals surface area contributed by atoms with Crippen molar-refractivity contribution in [3.05, 3.63) is 24.3 Å². The first-order valence-corrected chi connectivity index (χ1v) is 10.1. The maximum atomic E-state index is 12.0. The molecule has 0 aromatic heterocycles. The van der Waals surface area contributed by atoms with Gasteiger partial charge in [-0.1, -0.05) is 0 Å². The van der Waals surface area contributed by atoms with E-state index in [0.29, 0.717) is 6.42 Å². The summed E-state index contributed by atoms with van der Waals surface area (Å²) in [6.45, 7) is 3.52. The number of benzene rings is 1. The molecule has 0 amide bonds. The number of rotatable bonds is 5. The van der Waals surface area contributed by atoms with Gasteiger partial charge in [-0.2, -0.15) is 0 Å². The molecular weight excluding hydrogens is 312 g/mol. The van der Waals surface area contributed by atoms with Crippen LogP contribution in [0.3, 0.4) is 0 Å². The summed E-state index contributed by atoms with van der Waals surface area (Å²) in [6, 6.07) is 6.05. The molecule has 0 spiro atoms. The molecule has 1 heterocycles. The molecule has 1 saturated heterocycles.